The van der Waals surface area contributed by atoms with E-state index in [9.17, 15) is 0 Å². The molecule has 1 atom stereocenters. The summed E-state index contributed by atoms with van der Waals surface area (Å²) in [5.74, 6) is 2.52. The van der Waals surface area contributed by atoms with Crippen LogP contribution in [-0.2, 0) is 17.7 Å². The van der Waals surface area contributed by atoms with Crippen molar-refractivity contribution in [1.29, 1.82) is 0 Å². The maximum atomic E-state index is 5.47. The minimum absolute atomic E-state index is 0.339. The van der Waals surface area contributed by atoms with E-state index >= 15 is 0 Å². The second kappa shape index (κ2) is 6.51. The average molecular weight is 327 g/mol. The second-order valence-corrected chi connectivity index (χ2v) is 7.07. The van der Waals surface area contributed by atoms with Crippen LogP contribution in [0.1, 0.15) is 43.6 Å². The molecule has 1 aliphatic heterocycles. The number of imidazole rings is 1. The van der Waals surface area contributed by atoms with Gasteiger partial charge in [-0.05, 0) is 19.3 Å². The van der Waals surface area contributed by atoms with Gasteiger partial charge in [-0.25, -0.2) is 15.0 Å². The summed E-state index contributed by atoms with van der Waals surface area (Å²) in [4.78, 5) is 13.2. The molecule has 128 valence electrons. The summed E-state index contributed by atoms with van der Waals surface area (Å²) < 4.78 is 7.77. The first-order valence-corrected chi connectivity index (χ1v) is 8.92. The van der Waals surface area contributed by atoms with Crippen molar-refractivity contribution >= 4 is 5.82 Å². The highest BCUT2D eigenvalue weighted by molar-refractivity contribution is 5.36. The van der Waals surface area contributed by atoms with Gasteiger partial charge in [-0.2, -0.15) is 0 Å². The predicted octanol–water partition coefficient (Wildman–Crippen LogP) is 2.63. The molecule has 2 aromatic rings. The van der Waals surface area contributed by atoms with Crippen LogP contribution >= 0.6 is 0 Å². The number of hydrogen-bond donors (Lipinski definition) is 1. The van der Waals surface area contributed by atoms with Crippen LogP contribution in [0.5, 0.6) is 0 Å². The molecule has 2 aromatic heterocycles. The van der Waals surface area contributed by atoms with E-state index in [1.807, 2.05) is 6.20 Å². The van der Waals surface area contributed by atoms with Gasteiger partial charge in [-0.15, -0.1) is 0 Å². The van der Waals surface area contributed by atoms with E-state index in [0.29, 0.717) is 11.3 Å². The monoisotopic (exact) mass is 327 g/mol. The quantitative estimate of drug-likeness (QED) is 0.847. The Balaban J connectivity index is 1.38. The van der Waals surface area contributed by atoms with Gasteiger partial charge in [0, 0.05) is 55.9 Å². The number of ether oxygens (including phenoxy) is 1. The van der Waals surface area contributed by atoms with Crippen molar-refractivity contribution in [2.24, 2.45) is 5.41 Å². The summed E-state index contributed by atoms with van der Waals surface area (Å²) in [5.41, 5.74) is 1.43. The first-order valence-electron chi connectivity index (χ1n) is 8.92. The molecule has 0 radical (unpaired) electrons. The van der Waals surface area contributed by atoms with Gasteiger partial charge in [0.2, 0.25) is 0 Å². The van der Waals surface area contributed by atoms with Crippen molar-refractivity contribution in [3.05, 3.63) is 36.3 Å². The maximum Gasteiger partial charge on any atom is 0.129 e. The topological polar surface area (TPSA) is 64.9 Å². The van der Waals surface area contributed by atoms with Gasteiger partial charge in [0.15, 0.2) is 0 Å². The molecule has 6 nitrogen and oxygen atoms in total. The molecule has 3 heterocycles. The number of aryl methyl sites for hydroxylation is 1. The van der Waals surface area contributed by atoms with Gasteiger partial charge in [-0.1, -0.05) is 6.92 Å². The normalized spacial score (nSPS) is 21.8. The molecule has 0 bridgehead atoms. The van der Waals surface area contributed by atoms with Crippen LogP contribution in [0.3, 0.4) is 0 Å². The maximum absolute atomic E-state index is 5.47. The van der Waals surface area contributed by atoms with Crippen LogP contribution < -0.4 is 5.32 Å². The number of hydrogen-bond acceptors (Lipinski definition) is 5. The van der Waals surface area contributed by atoms with Gasteiger partial charge >= 0.3 is 0 Å². The molecule has 0 aromatic carbocycles. The van der Waals surface area contributed by atoms with Crippen molar-refractivity contribution in [2.45, 2.75) is 45.1 Å². The standard InChI is InChI=1S/C18H25N5O/c1-2-17-19-6-7-23(17)12-18(4-5-18)11-20-16-9-15(21-13-22-16)14-3-8-24-10-14/h6-7,9,13-14H,2-5,8,10-12H2,1H3,(H,20,21,22). The zero-order chi connectivity index (χ0) is 16.4. The second-order valence-electron chi connectivity index (χ2n) is 7.07. The zero-order valence-corrected chi connectivity index (χ0v) is 14.2. The van der Waals surface area contributed by atoms with Crippen LogP contribution in [-0.4, -0.2) is 39.3 Å². The molecule has 1 saturated heterocycles. The Morgan fingerprint density at radius 2 is 2.25 bits per heavy atom. The lowest BCUT2D eigenvalue weighted by atomic mass is 10.0. The highest BCUT2D eigenvalue weighted by atomic mass is 16.5. The minimum atomic E-state index is 0.339. The van der Waals surface area contributed by atoms with Crippen LogP contribution in [0.4, 0.5) is 5.82 Å². The van der Waals surface area contributed by atoms with E-state index in [-0.39, 0.29) is 0 Å². The van der Waals surface area contributed by atoms with Crippen molar-refractivity contribution in [1.82, 2.24) is 19.5 Å². The molecular formula is C18H25N5O. The molecule has 6 heteroatoms. The first-order chi connectivity index (χ1) is 11.8. The fraction of sp³-hybridized carbons (Fsp3) is 0.611. The van der Waals surface area contributed by atoms with E-state index in [2.05, 4.69) is 44.0 Å². The van der Waals surface area contributed by atoms with Crippen molar-refractivity contribution in [3.63, 3.8) is 0 Å². The van der Waals surface area contributed by atoms with E-state index in [4.69, 9.17) is 4.74 Å². The van der Waals surface area contributed by atoms with Gasteiger partial charge in [0.25, 0.3) is 0 Å². The first kappa shape index (κ1) is 15.6. The average Bonchev–Trinajstić information content (AvgIpc) is 3.03. The lowest BCUT2D eigenvalue weighted by Crippen LogP contribution is -2.22. The van der Waals surface area contributed by atoms with E-state index < -0.39 is 0 Å². The largest absolute Gasteiger partial charge is 0.381 e. The van der Waals surface area contributed by atoms with E-state index in [1.165, 1.54) is 18.7 Å². The molecule has 4 rings (SSSR count). The molecule has 1 N–H and O–H groups in total. The fourth-order valence-electron chi connectivity index (χ4n) is 3.47. The molecule has 1 unspecified atom stereocenters. The summed E-state index contributed by atoms with van der Waals surface area (Å²) in [6.45, 7) is 5.77. The molecule has 2 aliphatic rings. The smallest absolute Gasteiger partial charge is 0.129 e. The predicted molar refractivity (Wildman–Crippen MR) is 92.0 cm³/mol. The van der Waals surface area contributed by atoms with Gasteiger partial charge in [-0.3, -0.25) is 0 Å². The van der Waals surface area contributed by atoms with E-state index in [1.54, 1.807) is 6.33 Å². The highest BCUT2D eigenvalue weighted by Crippen LogP contribution is 2.47. The summed E-state index contributed by atoms with van der Waals surface area (Å²) in [6, 6.07) is 2.09. The SMILES string of the molecule is CCc1nccn1CC1(CNc2cc(C3CCOC3)ncn2)CC1. The Morgan fingerprint density at radius 1 is 1.33 bits per heavy atom. The summed E-state index contributed by atoms with van der Waals surface area (Å²) >= 11 is 0. The summed E-state index contributed by atoms with van der Waals surface area (Å²) in [6.07, 6.45) is 10.2. The highest BCUT2D eigenvalue weighted by Gasteiger charge is 2.43. The number of rotatable bonds is 7. The third-order valence-corrected chi connectivity index (χ3v) is 5.26. The van der Waals surface area contributed by atoms with Crippen LogP contribution in [0.25, 0.3) is 0 Å². The summed E-state index contributed by atoms with van der Waals surface area (Å²) in [5, 5.41) is 3.54. The van der Waals surface area contributed by atoms with Gasteiger partial charge in [0.1, 0.15) is 18.0 Å². The number of nitrogens with zero attached hydrogens (tertiary/aromatic N) is 4. The summed E-state index contributed by atoms with van der Waals surface area (Å²) in [7, 11) is 0. The van der Waals surface area contributed by atoms with Crippen LogP contribution in [0.2, 0.25) is 0 Å². The number of anilines is 1. The number of aromatic nitrogens is 4. The molecular weight excluding hydrogens is 302 g/mol. The van der Waals surface area contributed by atoms with Crippen molar-refractivity contribution in [2.75, 3.05) is 25.1 Å². The van der Waals surface area contributed by atoms with Crippen molar-refractivity contribution < 1.29 is 4.74 Å². The Labute approximate surface area is 142 Å². The molecule has 0 amide bonds. The fourth-order valence-corrected chi connectivity index (χ4v) is 3.47. The Kier molecular flexibility index (Phi) is 4.22. The molecule has 1 saturated carbocycles. The van der Waals surface area contributed by atoms with Gasteiger partial charge < -0.3 is 14.6 Å². The van der Waals surface area contributed by atoms with Crippen molar-refractivity contribution in [3.8, 4) is 0 Å². The molecule has 0 spiro atoms. The lowest BCUT2D eigenvalue weighted by molar-refractivity contribution is 0.193. The van der Waals surface area contributed by atoms with Crippen LogP contribution in [0.15, 0.2) is 24.8 Å². The van der Waals surface area contributed by atoms with Crippen LogP contribution in [0, 0.1) is 5.41 Å². The zero-order valence-electron chi connectivity index (χ0n) is 14.2. The third-order valence-electron chi connectivity index (χ3n) is 5.26. The lowest BCUT2D eigenvalue weighted by Gasteiger charge is -2.19. The Bertz CT molecular complexity index is 688. The molecule has 24 heavy (non-hydrogen) atoms. The molecule has 2 fully saturated rings. The minimum Gasteiger partial charge on any atom is -0.381 e. The Hall–Kier alpha value is -1.95. The molecule has 1 aliphatic carbocycles. The number of nitrogens with one attached hydrogen (secondary N) is 1. The van der Waals surface area contributed by atoms with E-state index in [0.717, 1.165) is 50.7 Å². The third kappa shape index (κ3) is 3.29. The van der Waals surface area contributed by atoms with Gasteiger partial charge in [0.05, 0.1) is 12.3 Å². The Morgan fingerprint density at radius 3 is 3.00 bits per heavy atom.